The minimum atomic E-state index is -0.385. The van der Waals surface area contributed by atoms with E-state index in [2.05, 4.69) is 12.2 Å². The average Bonchev–Trinajstić information content (AvgIpc) is 2.79. The number of hydrogen-bond donors (Lipinski definition) is 1. The molecule has 1 N–H and O–H groups in total. The summed E-state index contributed by atoms with van der Waals surface area (Å²) in [5, 5.41) is 14.2. The van der Waals surface area contributed by atoms with E-state index in [9.17, 15) is 14.9 Å². The summed E-state index contributed by atoms with van der Waals surface area (Å²) in [4.78, 5) is 24.7. The Labute approximate surface area is 124 Å². The molecule has 1 heterocycles. The van der Waals surface area contributed by atoms with Crippen molar-refractivity contribution in [1.82, 2.24) is 5.32 Å². The van der Waals surface area contributed by atoms with Crippen LogP contribution in [0.4, 0.5) is 11.4 Å². The lowest BCUT2D eigenvalue weighted by molar-refractivity contribution is -0.385. The maximum absolute atomic E-state index is 12.4. The third kappa shape index (κ3) is 3.05. The predicted molar refractivity (Wildman–Crippen MR) is 81.6 cm³/mol. The number of nitrogens with zero attached hydrogens (tertiary/aromatic N) is 2. The Hall–Kier alpha value is -1.95. The van der Waals surface area contributed by atoms with Crippen LogP contribution in [0.2, 0.25) is 0 Å². The third-order valence-electron chi connectivity index (χ3n) is 3.85. The van der Waals surface area contributed by atoms with Crippen LogP contribution in [0.1, 0.15) is 30.9 Å². The number of anilines is 1. The number of hydrogen-bond acceptors (Lipinski definition) is 4. The number of benzene rings is 1. The molecule has 0 aliphatic carbocycles. The zero-order valence-corrected chi connectivity index (χ0v) is 12.7. The van der Waals surface area contributed by atoms with Crippen molar-refractivity contribution in [2.45, 2.75) is 39.7 Å². The first-order chi connectivity index (χ1) is 9.95. The zero-order chi connectivity index (χ0) is 15.6. The van der Waals surface area contributed by atoms with E-state index in [1.54, 1.807) is 24.0 Å². The molecule has 0 spiro atoms. The number of rotatable bonds is 5. The van der Waals surface area contributed by atoms with Crippen molar-refractivity contribution in [3.05, 3.63) is 33.4 Å². The highest BCUT2D eigenvalue weighted by atomic mass is 16.6. The van der Waals surface area contributed by atoms with Gasteiger partial charge in [-0.15, -0.1) is 0 Å². The second-order valence-corrected chi connectivity index (χ2v) is 5.47. The maximum atomic E-state index is 12.4. The molecule has 6 heteroatoms. The van der Waals surface area contributed by atoms with E-state index in [1.165, 1.54) is 0 Å². The van der Waals surface area contributed by atoms with Crippen LogP contribution in [0.25, 0.3) is 0 Å². The fourth-order valence-corrected chi connectivity index (χ4v) is 2.70. The first kappa shape index (κ1) is 15.4. The Morgan fingerprint density at radius 3 is 2.71 bits per heavy atom. The van der Waals surface area contributed by atoms with Crippen molar-refractivity contribution in [3.63, 3.8) is 0 Å². The molecule has 114 valence electrons. The first-order valence-electron chi connectivity index (χ1n) is 7.26. The topological polar surface area (TPSA) is 75.5 Å². The lowest BCUT2D eigenvalue weighted by Gasteiger charge is -2.20. The molecule has 1 aliphatic rings. The Kier molecular flexibility index (Phi) is 4.57. The number of nitrogens with one attached hydrogen (secondary N) is 1. The van der Waals surface area contributed by atoms with Gasteiger partial charge in [-0.1, -0.05) is 6.92 Å². The normalized spacial score (nSPS) is 18.3. The van der Waals surface area contributed by atoms with Gasteiger partial charge in [0.25, 0.3) is 5.69 Å². The van der Waals surface area contributed by atoms with E-state index < -0.39 is 0 Å². The molecule has 1 saturated heterocycles. The fraction of sp³-hybridized carbons (Fsp3) is 0.533. The van der Waals surface area contributed by atoms with Crippen LogP contribution < -0.4 is 10.2 Å². The van der Waals surface area contributed by atoms with Crippen molar-refractivity contribution >= 4 is 17.3 Å². The minimum absolute atomic E-state index is 0.0554. The second kappa shape index (κ2) is 6.22. The summed E-state index contributed by atoms with van der Waals surface area (Å²) in [6.07, 6.45) is 1.76. The number of carbonyl (C=O) groups excluding carboxylic acids is 1. The molecule has 2 rings (SSSR count). The minimum Gasteiger partial charge on any atom is -0.311 e. The Morgan fingerprint density at radius 2 is 2.10 bits per heavy atom. The molecule has 0 saturated carbocycles. The number of amides is 1. The van der Waals surface area contributed by atoms with Crippen LogP contribution in [0.5, 0.6) is 0 Å². The van der Waals surface area contributed by atoms with Crippen LogP contribution in [-0.2, 0) is 4.79 Å². The molecule has 1 aromatic rings. The molecular formula is C15H21N3O3. The Balaban J connectivity index is 2.25. The van der Waals surface area contributed by atoms with Crippen LogP contribution >= 0.6 is 0 Å². The lowest BCUT2D eigenvalue weighted by Crippen LogP contribution is -2.38. The van der Waals surface area contributed by atoms with Crippen LogP contribution in [0, 0.1) is 24.0 Å². The quantitative estimate of drug-likeness (QED) is 0.667. The fourth-order valence-electron chi connectivity index (χ4n) is 2.70. The lowest BCUT2D eigenvalue weighted by atomic mass is 10.1. The van der Waals surface area contributed by atoms with Gasteiger partial charge in [-0.05, 0) is 44.9 Å². The van der Waals surface area contributed by atoms with Crippen molar-refractivity contribution in [2.75, 3.05) is 18.0 Å². The second-order valence-electron chi connectivity index (χ2n) is 5.47. The molecule has 1 amide bonds. The SMILES string of the molecule is CCCNC1CCN(c2cc(C)c([N+](=O)[O-])cc2C)C1=O. The van der Waals surface area contributed by atoms with Gasteiger partial charge in [-0.2, -0.15) is 0 Å². The summed E-state index contributed by atoms with van der Waals surface area (Å²) in [6, 6.07) is 3.15. The molecule has 1 unspecified atom stereocenters. The summed E-state index contributed by atoms with van der Waals surface area (Å²) < 4.78 is 0. The number of aryl methyl sites for hydroxylation is 2. The molecule has 1 atom stereocenters. The van der Waals surface area contributed by atoms with Crippen molar-refractivity contribution in [2.24, 2.45) is 0 Å². The van der Waals surface area contributed by atoms with Gasteiger partial charge >= 0.3 is 0 Å². The monoisotopic (exact) mass is 291 g/mol. The number of nitro benzene ring substituents is 1. The van der Waals surface area contributed by atoms with Gasteiger partial charge < -0.3 is 10.2 Å². The highest BCUT2D eigenvalue weighted by Gasteiger charge is 2.33. The molecule has 0 aromatic heterocycles. The van der Waals surface area contributed by atoms with Gasteiger partial charge in [0.1, 0.15) is 0 Å². The largest absolute Gasteiger partial charge is 0.311 e. The molecule has 1 fully saturated rings. The van der Waals surface area contributed by atoms with E-state index >= 15 is 0 Å². The van der Waals surface area contributed by atoms with Gasteiger partial charge in [0, 0.05) is 23.9 Å². The molecular weight excluding hydrogens is 270 g/mol. The first-order valence-corrected chi connectivity index (χ1v) is 7.26. The van der Waals surface area contributed by atoms with Crippen LogP contribution in [0.15, 0.2) is 12.1 Å². The van der Waals surface area contributed by atoms with E-state index in [0.717, 1.165) is 30.6 Å². The summed E-state index contributed by atoms with van der Waals surface area (Å²) in [5.74, 6) is 0.0554. The molecule has 1 aromatic carbocycles. The molecule has 21 heavy (non-hydrogen) atoms. The van der Waals surface area contributed by atoms with Crippen LogP contribution in [0.3, 0.4) is 0 Å². The Morgan fingerprint density at radius 1 is 1.38 bits per heavy atom. The van der Waals surface area contributed by atoms with Gasteiger partial charge in [-0.3, -0.25) is 14.9 Å². The molecule has 1 aliphatic heterocycles. The summed E-state index contributed by atoms with van der Waals surface area (Å²) in [5.41, 5.74) is 2.22. The van der Waals surface area contributed by atoms with Gasteiger partial charge in [0.15, 0.2) is 0 Å². The summed E-state index contributed by atoms with van der Waals surface area (Å²) in [7, 11) is 0. The maximum Gasteiger partial charge on any atom is 0.272 e. The van der Waals surface area contributed by atoms with E-state index in [0.29, 0.717) is 12.1 Å². The average molecular weight is 291 g/mol. The zero-order valence-electron chi connectivity index (χ0n) is 12.7. The molecule has 6 nitrogen and oxygen atoms in total. The third-order valence-corrected chi connectivity index (χ3v) is 3.85. The smallest absolute Gasteiger partial charge is 0.272 e. The molecule has 0 bridgehead atoms. The van der Waals surface area contributed by atoms with Crippen LogP contribution in [-0.4, -0.2) is 30.0 Å². The highest BCUT2D eigenvalue weighted by Crippen LogP contribution is 2.31. The Bertz CT molecular complexity index is 572. The van der Waals surface area contributed by atoms with Gasteiger partial charge in [0.05, 0.1) is 11.0 Å². The number of nitro groups is 1. The predicted octanol–water partition coefficient (Wildman–Crippen LogP) is 2.32. The van der Waals surface area contributed by atoms with E-state index in [-0.39, 0.29) is 22.6 Å². The van der Waals surface area contributed by atoms with Crippen molar-refractivity contribution < 1.29 is 9.72 Å². The van der Waals surface area contributed by atoms with Gasteiger partial charge in [0.2, 0.25) is 5.91 Å². The summed E-state index contributed by atoms with van der Waals surface area (Å²) >= 11 is 0. The van der Waals surface area contributed by atoms with Crippen molar-refractivity contribution in [1.29, 1.82) is 0 Å². The van der Waals surface area contributed by atoms with E-state index in [4.69, 9.17) is 0 Å². The highest BCUT2D eigenvalue weighted by molar-refractivity contribution is 6.00. The standard InChI is InChI=1S/C15H21N3O3/c1-4-6-16-12-5-7-17(15(12)19)13-8-11(3)14(18(20)21)9-10(13)2/h8-9,12,16H,4-7H2,1-3H3. The van der Waals surface area contributed by atoms with E-state index in [1.807, 2.05) is 6.92 Å². The number of carbonyl (C=O) groups is 1. The molecule has 0 radical (unpaired) electrons. The van der Waals surface area contributed by atoms with Crippen molar-refractivity contribution in [3.8, 4) is 0 Å². The summed E-state index contributed by atoms with van der Waals surface area (Å²) in [6.45, 7) is 7.05. The van der Waals surface area contributed by atoms with Gasteiger partial charge in [-0.25, -0.2) is 0 Å².